The molecule has 2 aliphatic heterocycles. The highest BCUT2D eigenvalue weighted by Crippen LogP contribution is 2.30. The molecule has 1 amide bonds. The molecule has 0 aromatic carbocycles. The lowest BCUT2D eigenvalue weighted by atomic mass is 9.92. The minimum absolute atomic E-state index is 0.225. The van der Waals surface area contributed by atoms with Crippen LogP contribution >= 0.6 is 0 Å². The zero-order chi connectivity index (χ0) is 21.1. The van der Waals surface area contributed by atoms with Crippen LogP contribution in [0.5, 0.6) is 0 Å². The van der Waals surface area contributed by atoms with Crippen LogP contribution in [0, 0.1) is 0 Å². The topological polar surface area (TPSA) is 76.1 Å². The zero-order valence-electron chi connectivity index (χ0n) is 18.2. The molecular weight excluding hydrogens is 370 g/mol. The van der Waals surface area contributed by atoms with Crippen molar-refractivity contribution in [2.75, 3.05) is 13.2 Å². The molecule has 0 unspecified atom stereocenters. The van der Waals surface area contributed by atoms with E-state index >= 15 is 0 Å². The first kappa shape index (κ1) is 23.7. The minimum atomic E-state index is -0.540. The molecule has 1 N–H and O–H groups in total. The van der Waals surface area contributed by atoms with E-state index in [-0.39, 0.29) is 24.7 Å². The standard InChI is InChI=1S/C23H39NO5/c1-3-4-5-6-7-8-9-10-11-12-13-20(26)16-19-14-15-24-21(17-28-23(24)27)22(19)29-18(2)25/h16,20-22,26H,3-15,17H2,1-2H3/b19-16+/t20-,21+,22-/m1/s1. The fourth-order valence-electron chi connectivity index (χ4n) is 4.29. The lowest BCUT2D eigenvalue weighted by molar-refractivity contribution is -0.147. The van der Waals surface area contributed by atoms with Crippen molar-refractivity contribution in [2.45, 2.75) is 109 Å². The van der Waals surface area contributed by atoms with E-state index in [1.165, 1.54) is 58.3 Å². The van der Waals surface area contributed by atoms with Gasteiger partial charge in [-0.2, -0.15) is 0 Å². The minimum Gasteiger partial charge on any atom is -0.456 e. The number of cyclic esters (lactones) is 1. The Morgan fingerprint density at radius 3 is 2.41 bits per heavy atom. The Bertz CT molecular complexity index is 547. The van der Waals surface area contributed by atoms with Crippen molar-refractivity contribution in [1.29, 1.82) is 0 Å². The molecule has 2 aliphatic rings. The van der Waals surface area contributed by atoms with E-state index in [1.807, 2.05) is 6.08 Å². The van der Waals surface area contributed by atoms with Gasteiger partial charge >= 0.3 is 12.1 Å². The van der Waals surface area contributed by atoms with E-state index in [0.29, 0.717) is 13.0 Å². The summed E-state index contributed by atoms with van der Waals surface area (Å²) in [6.45, 7) is 4.38. The average molecular weight is 410 g/mol. The molecule has 2 rings (SSSR count). The molecule has 0 spiro atoms. The van der Waals surface area contributed by atoms with Crippen LogP contribution in [-0.2, 0) is 14.3 Å². The van der Waals surface area contributed by atoms with Crippen molar-refractivity contribution in [3.05, 3.63) is 11.6 Å². The summed E-state index contributed by atoms with van der Waals surface area (Å²) in [5.74, 6) is -0.383. The van der Waals surface area contributed by atoms with Crippen LogP contribution in [0.1, 0.15) is 90.9 Å². The monoisotopic (exact) mass is 409 g/mol. The van der Waals surface area contributed by atoms with Gasteiger partial charge in [-0.05, 0) is 18.4 Å². The number of nitrogens with zero attached hydrogens (tertiary/aromatic N) is 1. The first-order valence-corrected chi connectivity index (χ1v) is 11.5. The number of ether oxygens (including phenoxy) is 2. The van der Waals surface area contributed by atoms with Crippen molar-refractivity contribution in [3.63, 3.8) is 0 Å². The molecule has 6 heteroatoms. The molecule has 166 valence electrons. The molecule has 0 saturated carbocycles. The average Bonchev–Trinajstić information content (AvgIpc) is 3.06. The van der Waals surface area contributed by atoms with E-state index in [1.54, 1.807) is 4.90 Å². The van der Waals surface area contributed by atoms with Gasteiger partial charge in [-0.25, -0.2) is 4.79 Å². The van der Waals surface area contributed by atoms with Gasteiger partial charge in [0.1, 0.15) is 18.8 Å². The molecular formula is C23H39NO5. The van der Waals surface area contributed by atoms with Crippen LogP contribution in [0.15, 0.2) is 11.6 Å². The summed E-state index contributed by atoms with van der Waals surface area (Å²) in [5.41, 5.74) is 0.902. The Morgan fingerprint density at radius 1 is 1.17 bits per heavy atom. The molecule has 2 saturated heterocycles. The second kappa shape index (κ2) is 12.9. The summed E-state index contributed by atoms with van der Waals surface area (Å²) in [7, 11) is 0. The third-order valence-corrected chi connectivity index (χ3v) is 5.92. The fourth-order valence-corrected chi connectivity index (χ4v) is 4.29. The van der Waals surface area contributed by atoms with Gasteiger partial charge in [0.2, 0.25) is 0 Å². The Labute approximate surface area is 175 Å². The molecule has 6 nitrogen and oxygen atoms in total. The van der Waals surface area contributed by atoms with Crippen LogP contribution < -0.4 is 0 Å². The van der Waals surface area contributed by atoms with E-state index in [9.17, 15) is 14.7 Å². The van der Waals surface area contributed by atoms with Gasteiger partial charge in [-0.15, -0.1) is 0 Å². The molecule has 3 atom stereocenters. The Morgan fingerprint density at radius 2 is 1.79 bits per heavy atom. The summed E-state index contributed by atoms with van der Waals surface area (Å²) < 4.78 is 10.6. The molecule has 0 bridgehead atoms. The van der Waals surface area contributed by atoms with Gasteiger partial charge in [-0.3, -0.25) is 9.69 Å². The number of carbonyl (C=O) groups is 2. The number of amides is 1. The van der Waals surface area contributed by atoms with Gasteiger partial charge in [0, 0.05) is 13.5 Å². The van der Waals surface area contributed by atoms with Gasteiger partial charge < -0.3 is 14.6 Å². The second-order valence-corrected chi connectivity index (χ2v) is 8.40. The number of hydrogen-bond acceptors (Lipinski definition) is 5. The van der Waals surface area contributed by atoms with Gasteiger partial charge in [0.05, 0.1) is 6.10 Å². The molecule has 2 heterocycles. The SMILES string of the molecule is CCCCCCCCCCCC[C@@H](O)/C=C1\CCN2C(=O)OC[C@H]2[C@@H]1OC(C)=O. The third-order valence-electron chi connectivity index (χ3n) is 5.92. The molecule has 0 radical (unpaired) electrons. The number of rotatable bonds is 13. The predicted octanol–water partition coefficient (Wildman–Crippen LogP) is 4.74. The van der Waals surface area contributed by atoms with Crippen LogP contribution in [0.25, 0.3) is 0 Å². The Kier molecular flexibility index (Phi) is 10.5. The first-order chi connectivity index (χ1) is 14.0. The van der Waals surface area contributed by atoms with Gasteiger partial charge in [-0.1, -0.05) is 77.2 Å². The maximum atomic E-state index is 11.8. The summed E-state index contributed by atoms with van der Waals surface area (Å²) in [6, 6.07) is -0.282. The lowest BCUT2D eigenvalue weighted by Gasteiger charge is -2.35. The number of unbranched alkanes of at least 4 members (excludes halogenated alkanes) is 9. The maximum Gasteiger partial charge on any atom is 0.410 e. The third kappa shape index (κ3) is 8.00. The Balaban J connectivity index is 1.69. The van der Waals surface area contributed by atoms with Crippen molar-refractivity contribution in [1.82, 2.24) is 4.90 Å². The largest absolute Gasteiger partial charge is 0.456 e. The van der Waals surface area contributed by atoms with Crippen LogP contribution in [0.2, 0.25) is 0 Å². The van der Waals surface area contributed by atoms with Gasteiger partial charge in [0.25, 0.3) is 0 Å². The molecule has 0 aliphatic carbocycles. The molecule has 0 aromatic rings. The highest BCUT2D eigenvalue weighted by atomic mass is 16.6. The number of carbonyl (C=O) groups excluding carboxylic acids is 2. The maximum absolute atomic E-state index is 11.8. The number of hydrogen-bond donors (Lipinski definition) is 1. The van der Waals surface area contributed by atoms with E-state index in [0.717, 1.165) is 24.8 Å². The zero-order valence-corrected chi connectivity index (χ0v) is 18.2. The fraction of sp³-hybridized carbons (Fsp3) is 0.826. The molecule has 2 fully saturated rings. The summed E-state index contributed by atoms with van der Waals surface area (Å²) in [5, 5.41) is 10.4. The predicted molar refractivity (Wildman–Crippen MR) is 113 cm³/mol. The number of fused-ring (bicyclic) bond motifs is 1. The summed E-state index contributed by atoms with van der Waals surface area (Å²) >= 11 is 0. The van der Waals surface area contributed by atoms with Crippen molar-refractivity contribution >= 4 is 12.1 Å². The molecule has 29 heavy (non-hydrogen) atoms. The van der Waals surface area contributed by atoms with Gasteiger partial charge in [0.15, 0.2) is 0 Å². The van der Waals surface area contributed by atoms with E-state index in [2.05, 4.69) is 6.92 Å². The Hall–Kier alpha value is -1.56. The lowest BCUT2D eigenvalue weighted by Crippen LogP contribution is -2.49. The quantitative estimate of drug-likeness (QED) is 0.270. The first-order valence-electron chi connectivity index (χ1n) is 11.5. The summed E-state index contributed by atoms with van der Waals surface area (Å²) in [6.07, 6.45) is 14.4. The summed E-state index contributed by atoms with van der Waals surface area (Å²) in [4.78, 5) is 24.9. The number of aliphatic hydroxyl groups excluding tert-OH is 1. The van der Waals surface area contributed by atoms with E-state index < -0.39 is 12.2 Å². The van der Waals surface area contributed by atoms with Crippen LogP contribution in [0.3, 0.4) is 0 Å². The number of esters is 1. The van der Waals surface area contributed by atoms with Crippen LogP contribution in [0.4, 0.5) is 4.79 Å². The van der Waals surface area contributed by atoms with Crippen molar-refractivity contribution in [2.24, 2.45) is 0 Å². The van der Waals surface area contributed by atoms with Crippen molar-refractivity contribution in [3.8, 4) is 0 Å². The molecule has 0 aromatic heterocycles. The number of piperidine rings is 1. The highest BCUT2D eigenvalue weighted by Gasteiger charge is 2.44. The number of aliphatic hydroxyl groups is 1. The smallest absolute Gasteiger partial charge is 0.410 e. The van der Waals surface area contributed by atoms with E-state index in [4.69, 9.17) is 9.47 Å². The van der Waals surface area contributed by atoms with Crippen molar-refractivity contribution < 1.29 is 24.2 Å². The highest BCUT2D eigenvalue weighted by molar-refractivity contribution is 5.71. The normalized spacial score (nSPS) is 23.8. The van der Waals surface area contributed by atoms with Crippen LogP contribution in [-0.4, -0.2) is 53.5 Å². The second-order valence-electron chi connectivity index (χ2n) is 8.40.